The van der Waals surface area contributed by atoms with Crippen LogP contribution in [0.15, 0.2) is 42.5 Å². The van der Waals surface area contributed by atoms with E-state index < -0.39 is 0 Å². The number of nitrogens with one attached hydrogen (secondary N) is 2. The molecule has 1 aliphatic rings. The van der Waals surface area contributed by atoms with Crippen molar-refractivity contribution in [1.82, 2.24) is 15.0 Å². The van der Waals surface area contributed by atoms with Crippen molar-refractivity contribution in [2.24, 2.45) is 0 Å². The van der Waals surface area contributed by atoms with Gasteiger partial charge in [0.2, 0.25) is 0 Å². The van der Waals surface area contributed by atoms with Crippen LogP contribution in [0.4, 0.5) is 10.1 Å². The molecule has 27 heavy (non-hydrogen) atoms. The largest absolute Gasteiger partial charge is 0.327 e. The molecule has 2 N–H and O–H groups in total. The molecule has 0 saturated carbocycles. The van der Waals surface area contributed by atoms with Gasteiger partial charge in [0.1, 0.15) is 11.3 Å². The van der Waals surface area contributed by atoms with Gasteiger partial charge in [-0.15, -0.1) is 5.10 Å². The second-order valence-electron chi connectivity index (χ2n) is 7.24. The molecule has 4 rings (SSSR count). The third-order valence-electron chi connectivity index (χ3n) is 5.17. The number of halogens is 1. The highest BCUT2D eigenvalue weighted by Crippen LogP contribution is 2.22. The number of carbonyl (C=O) groups excluding carboxylic acids is 1. The van der Waals surface area contributed by atoms with Crippen molar-refractivity contribution in [3.63, 3.8) is 0 Å². The lowest BCUT2D eigenvalue weighted by molar-refractivity contribution is -0.897. The van der Waals surface area contributed by atoms with Crippen LogP contribution in [-0.4, -0.2) is 40.5 Å². The quantitative estimate of drug-likeness (QED) is 0.737. The standard InChI is InChI=1S/C20H22FN5O/c1-14-2-7-19-18(12-14)23-24-26(19)17-8-10-25(11-9-17)13-20(27)22-16-5-3-15(21)4-6-16/h2-7,12,17H,8-11,13H2,1H3,(H,22,27)/p+1. The molecule has 0 unspecified atom stereocenters. The number of likely N-dealkylation sites (tertiary alicyclic amines) is 1. The fraction of sp³-hybridized carbons (Fsp3) is 0.350. The van der Waals surface area contributed by atoms with Crippen molar-refractivity contribution < 1.29 is 14.1 Å². The number of hydrogen-bond donors (Lipinski definition) is 2. The number of fused-ring (bicyclic) bond motifs is 1. The molecule has 1 aliphatic heterocycles. The first-order valence-electron chi connectivity index (χ1n) is 9.29. The summed E-state index contributed by atoms with van der Waals surface area (Å²) >= 11 is 0. The van der Waals surface area contributed by atoms with Crippen LogP contribution in [0.3, 0.4) is 0 Å². The monoisotopic (exact) mass is 368 g/mol. The molecule has 2 aromatic carbocycles. The Hall–Kier alpha value is -2.80. The number of anilines is 1. The summed E-state index contributed by atoms with van der Waals surface area (Å²) in [4.78, 5) is 13.5. The van der Waals surface area contributed by atoms with Gasteiger partial charge < -0.3 is 10.2 Å². The number of carbonyl (C=O) groups is 1. The first-order valence-corrected chi connectivity index (χ1v) is 9.29. The Morgan fingerprint density at radius 2 is 1.96 bits per heavy atom. The summed E-state index contributed by atoms with van der Waals surface area (Å²) in [5, 5.41) is 11.5. The number of aromatic nitrogens is 3. The molecule has 1 saturated heterocycles. The molecule has 0 radical (unpaired) electrons. The van der Waals surface area contributed by atoms with Crippen LogP contribution in [0.25, 0.3) is 11.0 Å². The van der Waals surface area contributed by atoms with E-state index in [1.54, 1.807) is 12.1 Å². The molecule has 1 fully saturated rings. The second-order valence-corrected chi connectivity index (χ2v) is 7.24. The maximum atomic E-state index is 12.9. The van der Waals surface area contributed by atoms with E-state index in [9.17, 15) is 9.18 Å². The van der Waals surface area contributed by atoms with Gasteiger partial charge >= 0.3 is 0 Å². The van der Waals surface area contributed by atoms with E-state index in [1.165, 1.54) is 22.6 Å². The minimum absolute atomic E-state index is 0.0447. The van der Waals surface area contributed by atoms with Crippen LogP contribution in [0.2, 0.25) is 0 Å². The van der Waals surface area contributed by atoms with E-state index in [0.717, 1.165) is 37.0 Å². The highest BCUT2D eigenvalue weighted by Gasteiger charge is 2.26. The minimum Gasteiger partial charge on any atom is -0.327 e. The van der Waals surface area contributed by atoms with Gasteiger partial charge in [-0.1, -0.05) is 11.3 Å². The number of hydrogen-bond acceptors (Lipinski definition) is 3. The van der Waals surface area contributed by atoms with Crippen molar-refractivity contribution >= 4 is 22.6 Å². The van der Waals surface area contributed by atoms with Gasteiger partial charge in [0, 0.05) is 18.5 Å². The average Bonchev–Trinajstić information content (AvgIpc) is 3.07. The van der Waals surface area contributed by atoms with E-state index in [1.807, 2.05) is 4.68 Å². The van der Waals surface area contributed by atoms with Gasteiger partial charge in [0.15, 0.2) is 6.54 Å². The number of benzene rings is 2. The maximum Gasteiger partial charge on any atom is 0.279 e. The summed E-state index contributed by atoms with van der Waals surface area (Å²) in [6, 6.07) is 12.4. The van der Waals surface area contributed by atoms with Crippen molar-refractivity contribution in [1.29, 1.82) is 0 Å². The summed E-state index contributed by atoms with van der Waals surface area (Å²) in [7, 11) is 0. The highest BCUT2D eigenvalue weighted by atomic mass is 19.1. The summed E-state index contributed by atoms with van der Waals surface area (Å²) in [5.74, 6) is -0.353. The molecule has 0 aliphatic carbocycles. The Kier molecular flexibility index (Phi) is 4.85. The first-order chi connectivity index (χ1) is 13.1. The van der Waals surface area contributed by atoms with Crippen LogP contribution in [0.1, 0.15) is 24.4 Å². The maximum absolute atomic E-state index is 12.9. The van der Waals surface area contributed by atoms with Crippen molar-refractivity contribution in [3.8, 4) is 0 Å². The Morgan fingerprint density at radius 3 is 2.70 bits per heavy atom. The van der Waals surface area contributed by atoms with Gasteiger partial charge in [-0.05, 0) is 48.9 Å². The smallest absolute Gasteiger partial charge is 0.279 e. The van der Waals surface area contributed by atoms with Gasteiger partial charge in [0.25, 0.3) is 5.91 Å². The van der Waals surface area contributed by atoms with Gasteiger partial charge in [0.05, 0.1) is 24.6 Å². The Balaban J connectivity index is 1.33. The summed E-state index contributed by atoms with van der Waals surface area (Å²) < 4.78 is 15.0. The molecular weight excluding hydrogens is 345 g/mol. The van der Waals surface area contributed by atoms with Crippen LogP contribution < -0.4 is 10.2 Å². The first kappa shape index (κ1) is 17.6. The fourth-order valence-corrected chi connectivity index (χ4v) is 3.72. The molecule has 2 heterocycles. The molecule has 3 aromatic rings. The number of amides is 1. The summed E-state index contributed by atoms with van der Waals surface area (Å²) in [5.41, 5.74) is 3.81. The molecule has 7 heteroatoms. The Morgan fingerprint density at radius 1 is 1.22 bits per heavy atom. The van der Waals surface area contributed by atoms with Gasteiger partial charge in [-0.3, -0.25) is 4.79 Å². The highest BCUT2D eigenvalue weighted by molar-refractivity contribution is 5.91. The second kappa shape index (κ2) is 7.44. The molecule has 1 amide bonds. The number of rotatable bonds is 4. The van der Waals surface area contributed by atoms with Crippen molar-refractivity contribution in [2.45, 2.75) is 25.8 Å². The number of piperidine rings is 1. The molecule has 140 valence electrons. The minimum atomic E-state index is -0.309. The Labute approximate surface area is 157 Å². The predicted molar refractivity (Wildman–Crippen MR) is 101 cm³/mol. The van der Waals surface area contributed by atoms with E-state index in [2.05, 4.69) is 40.8 Å². The molecule has 0 spiro atoms. The summed E-state index contributed by atoms with van der Waals surface area (Å²) in [6.45, 7) is 4.29. The average molecular weight is 368 g/mol. The van der Waals surface area contributed by atoms with Gasteiger partial charge in [-0.25, -0.2) is 9.07 Å². The zero-order valence-electron chi connectivity index (χ0n) is 15.3. The third-order valence-corrected chi connectivity index (χ3v) is 5.17. The number of aryl methyl sites for hydroxylation is 1. The zero-order chi connectivity index (χ0) is 18.8. The number of nitrogens with zero attached hydrogens (tertiary/aromatic N) is 3. The SMILES string of the molecule is Cc1ccc2c(c1)nnn2C1CC[NH+](CC(=O)Nc2ccc(F)cc2)CC1. The van der Waals surface area contributed by atoms with Crippen molar-refractivity contribution in [3.05, 3.63) is 53.8 Å². The van der Waals surface area contributed by atoms with Crippen LogP contribution >= 0.6 is 0 Å². The zero-order valence-corrected chi connectivity index (χ0v) is 15.3. The predicted octanol–water partition coefficient (Wildman–Crippen LogP) is 1.74. The fourth-order valence-electron chi connectivity index (χ4n) is 3.72. The van der Waals surface area contributed by atoms with E-state index in [-0.39, 0.29) is 11.7 Å². The third kappa shape index (κ3) is 3.98. The van der Waals surface area contributed by atoms with Crippen LogP contribution in [0.5, 0.6) is 0 Å². The molecular formula is C20H23FN5O+. The molecule has 1 aromatic heterocycles. The molecule has 6 nitrogen and oxygen atoms in total. The lowest BCUT2D eigenvalue weighted by atomic mass is 10.0. The molecule has 0 bridgehead atoms. The van der Waals surface area contributed by atoms with Crippen molar-refractivity contribution in [2.75, 3.05) is 25.0 Å². The van der Waals surface area contributed by atoms with Crippen LogP contribution in [-0.2, 0) is 4.79 Å². The number of quaternary nitrogens is 1. The van der Waals surface area contributed by atoms with E-state index in [0.29, 0.717) is 18.3 Å². The van der Waals surface area contributed by atoms with Crippen LogP contribution in [0, 0.1) is 12.7 Å². The van der Waals surface area contributed by atoms with Gasteiger partial charge in [-0.2, -0.15) is 0 Å². The molecule has 0 atom stereocenters. The lowest BCUT2D eigenvalue weighted by Crippen LogP contribution is -3.14. The lowest BCUT2D eigenvalue weighted by Gasteiger charge is -2.29. The topological polar surface area (TPSA) is 64.2 Å². The van der Waals surface area contributed by atoms with E-state index in [4.69, 9.17) is 0 Å². The summed E-state index contributed by atoms with van der Waals surface area (Å²) in [6.07, 6.45) is 1.93. The Bertz CT molecular complexity index is 945. The van der Waals surface area contributed by atoms with E-state index >= 15 is 0 Å². The normalized spacial score (nSPS) is 19.9.